The average molecular weight is 354 g/mol. The third-order valence-corrected chi connectivity index (χ3v) is 4.96. The summed E-state index contributed by atoms with van der Waals surface area (Å²) < 4.78 is 7.48. The van der Waals surface area contributed by atoms with Crippen LogP contribution in [0, 0.1) is 5.41 Å². The van der Waals surface area contributed by atoms with Gasteiger partial charge in [-0.15, -0.1) is 16.9 Å². The zero-order chi connectivity index (χ0) is 17.4. The van der Waals surface area contributed by atoms with E-state index in [2.05, 4.69) is 34.3 Å². The summed E-state index contributed by atoms with van der Waals surface area (Å²) in [6, 6.07) is 0.172. The maximum Gasteiger partial charge on any atom is 0.175 e. The van der Waals surface area contributed by atoms with Gasteiger partial charge in [0.1, 0.15) is 0 Å². The van der Waals surface area contributed by atoms with Crippen molar-refractivity contribution in [2.24, 2.45) is 4.99 Å². The molecule has 0 aromatic carbocycles. The molecule has 0 spiro atoms. The molecule has 1 aromatic rings. The lowest BCUT2D eigenvalue weighted by Crippen LogP contribution is -2.16. The van der Waals surface area contributed by atoms with Gasteiger partial charge in [-0.2, -0.15) is 0 Å². The Morgan fingerprint density at radius 2 is 2.42 bits per heavy atom. The molecule has 1 saturated carbocycles. The first-order chi connectivity index (χ1) is 11.7. The fourth-order valence-corrected chi connectivity index (χ4v) is 3.47. The Kier molecular flexibility index (Phi) is 7.67. The zero-order valence-corrected chi connectivity index (χ0v) is 14.9. The van der Waals surface area contributed by atoms with E-state index in [1.54, 1.807) is 11.8 Å². The Labute approximate surface area is 146 Å². The molecule has 24 heavy (non-hydrogen) atoms. The summed E-state index contributed by atoms with van der Waals surface area (Å²) in [5, 5.41) is 28.5. The van der Waals surface area contributed by atoms with Gasteiger partial charge in [0.15, 0.2) is 17.3 Å². The second-order valence-corrected chi connectivity index (χ2v) is 6.76. The molecule has 3 N–H and O–H groups in total. The van der Waals surface area contributed by atoms with Crippen molar-refractivity contribution in [2.75, 3.05) is 30.2 Å². The van der Waals surface area contributed by atoms with Crippen LogP contribution in [-0.4, -0.2) is 63.6 Å². The van der Waals surface area contributed by atoms with Crippen LogP contribution in [0.1, 0.15) is 44.3 Å². The first-order valence-electron chi connectivity index (χ1n) is 8.26. The topological polar surface area (TPSA) is 108 Å². The highest BCUT2D eigenvalue weighted by Crippen LogP contribution is 2.34. The van der Waals surface area contributed by atoms with Gasteiger partial charge < -0.3 is 15.2 Å². The number of aliphatic hydroxyl groups excluding tert-OH is 1. The number of amidine groups is 1. The predicted molar refractivity (Wildman–Crippen MR) is 97.4 cm³/mol. The van der Waals surface area contributed by atoms with Crippen molar-refractivity contribution in [3.8, 4) is 0 Å². The molecule has 1 fully saturated rings. The number of aromatic nitrogens is 3. The van der Waals surface area contributed by atoms with E-state index in [1.165, 1.54) is 0 Å². The van der Waals surface area contributed by atoms with Gasteiger partial charge in [-0.3, -0.25) is 5.41 Å². The Morgan fingerprint density at radius 3 is 3.12 bits per heavy atom. The van der Waals surface area contributed by atoms with Gasteiger partial charge in [-0.1, -0.05) is 12.1 Å². The SMILES string of the molecule is C=NC(=N)c1nnn(C2CCC(OCCO)C2)c1NCSCCC. The zero-order valence-electron chi connectivity index (χ0n) is 14.1. The number of hydrogen-bond acceptors (Lipinski definition) is 7. The lowest BCUT2D eigenvalue weighted by Gasteiger charge is -2.16. The summed E-state index contributed by atoms with van der Waals surface area (Å²) in [6.45, 7) is 5.96. The Balaban J connectivity index is 2.09. The van der Waals surface area contributed by atoms with Gasteiger partial charge in [-0.25, -0.2) is 9.67 Å². The summed E-state index contributed by atoms with van der Waals surface area (Å²) >= 11 is 1.79. The molecule has 0 radical (unpaired) electrons. The van der Waals surface area contributed by atoms with E-state index in [0.717, 1.165) is 43.1 Å². The largest absolute Gasteiger partial charge is 0.394 e. The molecule has 134 valence electrons. The van der Waals surface area contributed by atoms with Crippen molar-refractivity contribution in [1.29, 1.82) is 5.41 Å². The van der Waals surface area contributed by atoms with Crippen LogP contribution in [0.4, 0.5) is 5.82 Å². The number of hydrogen-bond donors (Lipinski definition) is 3. The molecule has 0 saturated heterocycles. The molecule has 1 aliphatic rings. The summed E-state index contributed by atoms with van der Waals surface area (Å²) in [5.41, 5.74) is 0.432. The van der Waals surface area contributed by atoms with Crippen LogP contribution >= 0.6 is 11.8 Å². The van der Waals surface area contributed by atoms with E-state index in [4.69, 9.17) is 15.3 Å². The Hall–Kier alpha value is -1.45. The second-order valence-electron chi connectivity index (χ2n) is 5.65. The highest BCUT2D eigenvalue weighted by atomic mass is 32.2. The van der Waals surface area contributed by atoms with Gasteiger partial charge in [0.2, 0.25) is 0 Å². The molecule has 8 nitrogen and oxygen atoms in total. The highest BCUT2D eigenvalue weighted by Gasteiger charge is 2.30. The third kappa shape index (κ3) is 4.78. The van der Waals surface area contributed by atoms with E-state index in [1.807, 2.05) is 4.68 Å². The Bertz CT molecular complexity index is 550. The van der Waals surface area contributed by atoms with Gasteiger partial charge in [0.25, 0.3) is 0 Å². The van der Waals surface area contributed by atoms with E-state index < -0.39 is 0 Å². The number of aliphatic hydroxyl groups is 1. The molecule has 2 atom stereocenters. The number of aliphatic imine (C=N–C) groups is 1. The molecule has 1 aromatic heterocycles. The monoisotopic (exact) mass is 354 g/mol. The standard InChI is InChI=1S/C15H26N6O2S/c1-3-8-24-10-18-15-13(14(16)17-2)19-20-21(15)11-4-5-12(9-11)23-7-6-22/h11-12,16,18,22H,2-10H2,1H3. The number of nitrogens with one attached hydrogen (secondary N) is 2. The molecule has 2 unspecified atom stereocenters. The molecular weight excluding hydrogens is 328 g/mol. The van der Waals surface area contributed by atoms with Gasteiger partial charge >= 0.3 is 0 Å². The fourth-order valence-electron chi connectivity index (χ4n) is 2.79. The van der Waals surface area contributed by atoms with E-state index >= 15 is 0 Å². The normalized spacial score (nSPS) is 20.2. The second kappa shape index (κ2) is 9.75. The minimum Gasteiger partial charge on any atom is -0.394 e. The van der Waals surface area contributed by atoms with Crippen LogP contribution in [0.15, 0.2) is 4.99 Å². The van der Waals surface area contributed by atoms with E-state index in [9.17, 15) is 0 Å². The molecule has 0 amide bonds. The molecule has 0 bridgehead atoms. The number of nitrogens with zero attached hydrogens (tertiary/aromatic N) is 4. The number of anilines is 1. The van der Waals surface area contributed by atoms with Crippen LogP contribution < -0.4 is 5.32 Å². The molecular formula is C15H26N6O2S. The molecule has 0 aliphatic heterocycles. The van der Waals surface area contributed by atoms with Crippen LogP contribution in [0.3, 0.4) is 0 Å². The van der Waals surface area contributed by atoms with Crippen molar-refractivity contribution in [1.82, 2.24) is 15.0 Å². The van der Waals surface area contributed by atoms with Crippen molar-refractivity contribution in [3.63, 3.8) is 0 Å². The fraction of sp³-hybridized carbons (Fsp3) is 0.733. The lowest BCUT2D eigenvalue weighted by molar-refractivity contribution is 0.0309. The quantitative estimate of drug-likeness (QED) is 0.256. The smallest absolute Gasteiger partial charge is 0.175 e. The number of thioether (sulfide) groups is 1. The molecule has 1 heterocycles. The van der Waals surface area contributed by atoms with Crippen LogP contribution in [0.25, 0.3) is 0 Å². The van der Waals surface area contributed by atoms with Crippen molar-refractivity contribution < 1.29 is 9.84 Å². The van der Waals surface area contributed by atoms with Crippen LogP contribution in [0.2, 0.25) is 0 Å². The van der Waals surface area contributed by atoms with Gasteiger partial charge in [0, 0.05) is 0 Å². The lowest BCUT2D eigenvalue weighted by atomic mass is 10.2. The van der Waals surface area contributed by atoms with E-state index in [-0.39, 0.29) is 24.6 Å². The predicted octanol–water partition coefficient (Wildman–Crippen LogP) is 1.92. The van der Waals surface area contributed by atoms with Gasteiger partial charge in [-0.05, 0) is 38.2 Å². The maximum absolute atomic E-state index is 8.88. The van der Waals surface area contributed by atoms with Crippen LogP contribution in [-0.2, 0) is 4.74 Å². The maximum atomic E-state index is 8.88. The highest BCUT2D eigenvalue weighted by molar-refractivity contribution is 7.99. The summed E-state index contributed by atoms with van der Waals surface area (Å²) in [7, 11) is 0. The Morgan fingerprint density at radius 1 is 1.58 bits per heavy atom. The first-order valence-corrected chi connectivity index (χ1v) is 9.41. The van der Waals surface area contributed by atoms with Crippen molar-refractivity contribution in [3.05, 3.63) is 5.69 Å². The van der Waals surface area contributed by atoms with Crippen molar-refractivity contribution >= 4 is 30.1 Å². The van der Waals surface area contributed by atoms with Gasteiger partial charge in [0.05, 0.1) is 31.2 Å². The van der Waals surface area contributed by atoms with Crippen LogP contribution in [0.5, 0.6) is 0 Å². The van der Waals surface area contributed by atoms with Crippen molar-refractivity contribution in [2.45, 2.75) is 44.8 Å². The molecule has 1 aliphatic carbocycles. The minimum atomic E-state index is 0.0234. The summed E-state index contributed by atoms with van der Waals surface area (Å²) in [6.07, 6.45) is 3.95. The third-order valence-electron chi connectivity index (χ3n) is 3.91. The number of rotatable bonds is 10. The molecule has 2 rings (SSSR count). The summed E-state index contributed by atoms with van der Waals surface area (Å²) in [5.74, 6) is 2.55. The summed E-state index contributed by atoms with van der Waals surface area (Å²) in [4.78, 5) is 3.68. The minimum absolute atomic E-state index is 0.0234. The molecule has 9 heteroatoms. The number of ether oxygens (including phenoxy) is 1. The average Bonchev–Trinajstić information content (AvgIpc) is 3.22. The first kappa shape index (κ1) is 18.9. The van der Waals surface area contributed by atoms with E-state index in [0.29, 0.717) is 12.3 Å².